The lowest BCUT2D eigenvalue weighted by molar-refractivity contribution is 1.23. The Morgan fingerprint density at radius 2 is 1.79 bits per heavy atom. The molecule has 0 aliphatic rings. The summed E-state index contributed by atoms with van der Waals surface area (Å²) in [5.41, 5.74) is 6.10. The van der Waals surface area contributed by atoms with Gasteiger partial charge in [-0.1, -0.05) is 13.8 Å². The second-order valence-electron chi connectivity index (χ2n) is 1.99. The number of nitrogens with two attached hydrogens (primary N) is 1. The van der Waals surface area contributed by atoms with Crippen molar-refractivity contribution in [3.05, 3.63) is 21.3 Å². The highest BCUT2D eigenvalue weighted by Gasteiger charge is 1.98. The van der Waals surface area contributed by atoms with Gasteiger partial charge in [-0.05, 0) is 56.2 Å². The highest BCUT2D eigenvalue weighted by atomic mass is 79.9. The third-order valence-electron chi connectivity index (χ3n) is 1.03. The van der Waals surface area contributed by atoms with Gasteiger partial charge < -0.3 is 11.1 Å². The Hall–Kier alpha value is -0.200. The summed E-state index contributed by atoms with van der Waals surface area (Å²) >= 11 is 11.2. The van der Waals surface area contributed by atoms with Crippen LogP contribution in [0.2, 0.25) is 0 Å². The molecule has 0 amide bonds. The van der Waals surface area contributed by atoms with E-state index in [4.69, 9.17) is 5.73 Å². The summed E-state index contributed by atoms with van der Waals surface area (Å²) in [4.78, 5) is 4.05. The van der Waals surface area contributed by atoms with Crippen LogP contribution in [0, 0.1) is 0 Å². The van der Waals surface area contributed by atoms with Gasteiger partial charge in [0.25, 0.3) is 0 Å². The van der Waals surface area contributed by atoms with E-state index in [-0.39, 0.29) is 5.11 Å². The topological polar surface area (TPSA) is 50.9 Å². The minimum absolute atomic E-state index is 0.236. The van der Waals surface area contributed by atoms with Crippen molar-refractivity contribution in [1.82, 2.24) is 4.98 Å². The predicted octanol–water partition coefficient (Wildman–Crippen LogP) is 3.29. The minimum atomic E-state index is 0.236. The average Bonchev–Trinajstić information content (AvgIpc) is 2.04. The molecule has 1 heterocycles. The van der Waals surface area contributed by atoms with Crippen LogP contribution in [0.5, 0.6) is 0 Å². The largest absolute Gasteiger partial charge is 0.376 e. The van der Waals surface area contributed by atoms with Gasteiger partial charge in [0.2, 0.25) is 0 Å². The number of halogens is 2. The second kappa shape index (κ2) is 7.14. The zero-order valence-corrected chi connectivity index (χ0v) is 11.8. The van der Waals surface area contributed by atoms with E-state index in [0.717, 1.165) is 14.9 Å². The zero-order chi connectivity index (χ0) is 11.1. The first-order chi connectivity index (χ1) is 6.58. The van der Waals surface area contributed by atoms with E-state index >= 15 is 0 Å². The fourth-order valence-electron chi connectivity index (χ4n) is 0.679. The first-order valence-corrected chi connectivity index (χ1v) is 5.97. The Kier molecular flexibility index (Phi) is 7.04. The molecule has 0 aliphatic carbocycles. The number of thiocarbonyl (C=S) groups is 1. The molecule has 1 aromatic rings. The maximum absolute atomic E-state index is 5.29. The number of hydrogen-bond donors (Lipinski definition) is 2. The van der Waals surface area contributed by atoms with Gasteiger partial charge in [0.1, 0.15) is 9.21 Å². The summed E-state index contributed by atoms with van der Waals surface area (Å²) < 4.78 is 1.44. The molecule has 0 fully saturated rings. The molecule has 0 spiro atoms. The summed E-state index contributed by atoms with van der Waals surface area (Å²) in [5, 5.41) is 3.03. The molecule has 6 heteroatoms. The molecule has 0 bridgehead atoms. The van der Waals surface area contributed by atoms with Gasteiger partial charge in [-0.25, -0.2) is 4.98 Å². The molecule has 0 aliphatic heterocycles. The Morgan fingerprint density at radius 1 is 1.36 bits per heavy atom. The van der Waals surface area contributed by atoms with Gasteiger partial charge in [-0.3, -0.25) is 0 Å². The Labute approximate surface area is 106 Å². The van der Waals surface area contributed by atoms with Crippen molar-refractivity contribution < 1.29 is 0 Å². The van der Waals surface area contributed by atoms with Crippen LogP contribution < -0.4 is 11.1 Å². The molecule has 0 radical (unpaired) electrons. The lowest BCUT2D eigenvalue weighted by Gasteiger charge is -2.03. The summed E-state index contributed by atoms with van der Waals surface area (Å²) in [6.07, 6.45) is 0. The van der Waals surface area contributed by atoms with Crippen molar-refractivity contribution in [1.29, 1.82) is 0 Å². The van der Waals surface area contributed by atoms with Crippen LogP contribution in [0.4, 0.5) is 5.69 Å². The molecular formula is C8H11Br2N3S. The van der Waals surface area contributed by atoms with Gasteiger partial charge in [-0.2, -0.15) is 0 Å². The second-order valence-corrected chi connectivity index (χ2v) is 4.06. The van der Waals surface area contributed by atoms with E-state index in [1.54, 1.807) is 12.1 Å². The van der Waals surface area contributed by atoms with E-state index < -0.39 is 0 Å². The van der Waals surface area contributed by atoms with Crippen molar-refractivity contribution >= 4 is 54.9 Å². The normalized spacial score (nSPS) is 8.57. The highest BCUT2D eigenvalue weighted by molar-refractivity contribution is 9.11. The quantitative estimate of drug-likeness (QED) is 0.608. The molecule has 78 valence electrons. The molecule has 0 atom stereocenters. The molecule has 0 unspecified atom stereocenters. The summed E-state index contributed by atoms with van der Waals surface area (Å²) in [5.74, 6) is 0. The molecule has 0 saturated heterocycles. The molecule has 14 heavy (non-hydrogen) atoms. The van der Waals surface area contributed by atoms with Crippen molar-refractivity contribution in [2.45, 2.75) is 13.8 Å². The molecule has 1 aromatic heterocycles. The van der Waals surface area contributed by atoms with Gasteiger partial charge in [0, 0.05) is 5.69 Å². The third kappa shape index (κ3) is 5.51. The Bertz CT molecular complexity index is 297. The Morgan fingerprint density at radius 3 is 2.14 bits per heavy atom. The number of nitrogens with one attached hydrogen (secondary N) is 1. The number of anilines is 1. The SMILES string of the molecule is CC.NC(=S)Nc1cc(Br)nc(Br)c1. The van der Waals surface area contributed by atoms with Crippen molar-refractivity contribution in [3.63, 3.8) is 0 Å². The first kappa shape index (κ1) is 13.8. The molecular weight excluding hydrogens is 330 g/mol. The van der Waals surface area contributed by atoms with E-state index in [1.165, 1.54) is 0 Å². The summed E-state index contributed by atoms with van der Waals surface area (Å²) in [6.45, 7) is 4.00. The fourth-order valence-corrected chi connectivity index (χ4v) is 1.91. The zero-order valence-electron chi connectivity index (χ0n) is 7.84. The van der Waals surface area contributed by atoms with Crippen LogP contribution in [-0.2, 0) is 0 Å². The number of hydrogen-bond acceptors (Lipinski definition) is 2. The molecule has 0 aromatic carbocycles. The van der Waals surface area contributed by atoms with Crippen LogP contribution in [0.15, 0.2) is 21.3 Å². The number of rotatable bonds is 1. The van der Waals surface area contributed by atoms with Crippen molar-refractivity contribution in [2.75, 3.05) is 5.32 Å². The van der Waals surface area contributed by atoms with Gasteiger partial charge in [-0.15, -0.1) is 0 Å². The lowest BCUT2D eigenvalue weighted by Crippen LogP contribution is -2.18. The smallest absolute Gasteiger partial charge is 0.168 e. The standard InChI is InChI=1S/C6H5Br2N3S.C2H6/c7-4-1-3(10-6(9)12)2-5(8)11-4;1-2/h1-2H,(H3,9,10,11,12);1-2H3. The van der Waals surface area contributed by atoms with E-state index in [0.29, 0.717) is 0 Å². The van der Waals surface area contributed by atoms with Crippen molar-refractivity contribution in [2.24, 2.45) is 5.73 Å². The highest BCUT2D eigenvalue weighted by Crippen LogP contribution is 2.19. The Balaban J connectivity index is 0.000000791. The van der Waals surface area contributed by atoms with Crippen molar-refractivity contribution in [3.8, 4) is 0 Å². The van der Waals surface area contributed by atoms with E-state index in [1.807, 2.05) is 13.8 Å². The monoisotopic (exact) mass is 339 g/mol. The minimum Gasteiger partial charge on any atom is -0.376 e. The van der Waals surface area contributed by atoms with Crippen LogP contribution in [0.25, 0.3) is 0 Å². The average molecular weight is 341 g/mol. The van der Waals surface area contributed by atoms with Gasteiger partial charge in [0.15, 0.2) is 5.11 Å². The third-order valence-corrected chi connectivity index (χ3v) is 1.94. The lowest BCUT2D eigenvalue weighted by atomic mass is 10.4. The van der Waals surface area contributed by atoms with Gasteiger partial charge in [0.05, 0.1) is 0 Å². The fraction of sp³-hybridized carbons (Fsp3) is 0.250. The molecule has 0 saturated carbocycles. The van der Waals surface area contributed by atoms with Crippen LogP contribution >= 0.6 is 44.1 Å². The molecule has 1 rings (SSSR count). The summed E-state index contributed by atoms with van der Waals surface area (Å²) in [6, 6.07) is 3.56. The van der Waals surface area contributed by atoms with Gasteiger partial charge >= 0.3 is 0 Å². The number of pyridine rings is 1. The maximum Gasteiger partial charge on any atom is 0.168 e. The number of nitrogens with zero attached hydrogens (tertiary/aromatic N) is 1. The molecule has 3 N–H and O–H groups in total. The van der Waals surface area contributed by atoms with E-state index in [9.17, 15) is 0 Å². The summed E-state index contributed by atoms with van der Waals surface area (Å²) in [7, 11) is 0. The predicted molar refractivity (Wildman–Crippen MR) is 71.4 cm³/mol. The number of aromatic nitrogens is 1. The maximum atomic E-state index is 5.29. The first-order valence-electron chi connectivity index (χ1n) is 3.97. The van der Waals surface area contributed by atoms with Crippen LogP contribution in [-0.4, -0.2) is 10.1 Å². The van der Waals surface area contributed by atoms with Crippen LogP contribution in [0.3, 0.4) is 0 Å². The van der Waals surface area contributed by atoms with Crippen LogP contribution in [0.1, 0.15) is 13.8 Å². The van der Waals surface area contributed by atoms with E-state index in [2.05, 4.69) is 54.4 Å². The molecule has 3 nitrogen and oxygen atoms in total.